The van der Waals surface area contributed by atoms with Gasteiger partial charge in [0.15, 0.2) is 0 Å². The third-order valence-corrected chi connectivity index (χ3v) is 7.12. The number of nitrogens with zero attached hydrogens (tertiary/aromatic N) is 1. The third-order valence-electron chi connectivity index (χ3n) is 4.34. The van der Waals surface area contributed by atoms with Crippen LogP contribution in [0.5, 0.6) is 0 Å². The second-order valence-electron chi connectivity index (χ2n) is 5.97. The van der Waals surface area contributed by atoms with Crippen molar-refractivity contribution in [3.63, 3.8) is 0 Å². The van der Waals surface area contributed by atoms with Gasteiger partial charge in [-0.15, -0.1) is 0 Å². The highest BCUT2D eigenvalue weighted by Gasteiger charge is 2.27. The number of rotatable bonds is 6. The lowest BCUT2D eigenvalue weighted by molar-refractivity contribution is 0.0172. The molecule has 26 heavy (non-hydrogen) atoms. The maximum Gasteiger partial charge on any atom is 0.241 e. The van der Waals surface area contributed by atoms with E-state index in [-0.39, 0.29) is 17.5 Å². The van der Waals surface area contributed by atoms with Gasteiger partial charge in [-0.2, -0.15) is 0 Å². The Labute approximate surface area is 167 Å². The summed E-state index contributed by atoms with van der Waals surface area (Å²) in [5.74, 6) is 0. The zero-order valence-corrected chi connectivity index (χ0v) is 17.2. The van der Waals surface area contributed by atoms with Crippen molar-refractivity contribution in [2.24, 2.45) is 0 Å². The Bertz CT molecular complexity index is 857. The molecule has 2 aromatic carbocycles. The molecule has 1 unspecified atom stereocenters. The number of ether oxygens (including phenoxy) is 1. The van der Waals surface area contributed by atoms with Crippen molar-refractivity contribution in [3.05, 3.63) is 63.6 Å². The molecule has 0 bridgehead atoms. The van der Waals surface area contributed by atoms with Crippen LogP contribution in [0.4, 0.5) is 0 Å². The number of halogens is 2. The Kier molecular flexibility index (Phi) is 6.71. The number of morpholine rings is 1. The summed E-state index contributed by atoms with van der Waals surface area (Å²) in [5.41, 5.74) is 0.908. The van der Waals surface area contributed by atoms with E-state index < -0.39 is 10.0 Å². The molecule has 1 fully saturated rings. The van der Waals surface area contributed by atoms with Gasteiger partial charge in [0.2, 0.25) is 10.0 Å². The fourth-order valence-electron chi connectivity index (χ4n) is 3.00. The molecule has 1 aliphatic rings. The highest BCUT2D eigenvalue weighted by Crippen LogP contribution is 2.29. The van der Waals surface area contributed by atoms with Gasteiger partial charge in [0, 0.05) is 35.2 Å². The maximum atomic E-state index is 12.7. The molecule has 0 saturated carbocycles. The largest absolute Gasteiger partial charge is 0.379 e. The summed E-state index contributed by atoms with van der Waals surface area (Å²) in [6.45, 7) is 2.93. The third kappa shape index (κ3) is 4.65. The van der Waals surface area contributed by atoms with Crippen molar-refractivity contribution in [1.29, 1.82) is 0 Å². The lowest BCUT2D eigenvalue weighted by atomic mass is 10.0. The molecule has 1 saturated heterocycles. The zero-order valence-electron chi connectivity index (χ0n) is 14.1. The van der Waals surface area contributed by atoms with E-state index >= 15 is 0 Å². The first-order valence-electron chi connectivity index (χ1n) is 8.29. The van der Waals surface area contributed by atoms with Gasteiger partial charge in [0.05, 0.1) is 18.1 Å². The van der Waals surface area contributed by atoms with E-state index in [1.807, 2.05) is 24.3 Å². The average Bonchev–Trinajstić information content (AvgIpc) is 2.64. The molecule has 1 atom stereocenters. The van der Waals surface area contributed by atoms with Crippen LogP contribution in [0.2, 0.25) is 5.02 Å². The Balaban J connectivity index is 1.84. The van der Waals surface area contributed by atoms with Crippen LogP contribution in [0.1, 0.15) is 11.6 Å². The summed E-state index contributed by atoms with van der Waals surface area (Å²) in [7, 11) is -3.64. The lowest BCUT2D eigenvalue weighted by Gasteiger charge is -2.35. The van der Waals surface area contributed by atoms with E-state index in [0.29, 0.717) is 22.7 Å². The van der Waals surface area contributed by atoms with E-state index in [1.54, 1.807) is 24.3 Å². The van der Waals surface area contributed by atoms with Crippen molar-refractivity contribution in [1.82, 2.24) is 9.62 Å². The average molecular weight is 460 g/mol. The van der Waals surface area contributed by atoms with Crippen molar-refractivity contribution in [2.75, 3.05) is 32.8 Å². The minimum absolute atomic E-state index is 0.162. The van der Waals surface area contributed by atoms with Crippen molar-refractivity contribution >= 4 is 37.6 Å². The summed E-state index contributed by atoms with van der Waals surface area (Å²) < 4.78 is 34.2. The summed E-state index contributed by atoms with van der Waals surface area (Å²) in [4.78, 5) is 2.42. The van der Waals surface area contributed by atoms with Crippen LogP contribution in [0.3, 0.4) is 0 Å². The van der Waals surface area contributed by atoms with E-state index in [4.69, 9.17) is 16.3 Å². The van der Waals surface area contributed by atoms with Gasteiger partial charge in [0.1, 0.15) is 0 Å². The Morgan fingerprint density at radius 2 is 1.77 bits per heavy atom. The number of benzene rings is 2. The molecular weight excluding hydrogens is 440 g/mol. The molecule has 0 aliphatic carbocycles. The van der Waals surface area contributed by atoms with Crippen LogP contribution < -0.4 is 4.72 Å². The zero-order chi connectivity index (χ0) is 18.6. The fourth-order valence-corrected chi connectivity index (χ4v) is 5.30. The molecule has 1 aliphatic heterocycles. The summed E-state index contributed by atoms with van der Waals surface area (Å²) in [6.07, 6.45) is 0. The maximum absolute atomic E-state index is 12.7. The van der Waals surface area contributed by atoms with E-state index in [0.717, 1.165) is 18.7 Å². The monoisotopic (exact) mass is 458 g/mol. The van der Waals surface area contributed by atoms with Gasteiger partial charge < -0.3 is 4.74 Å². The number of hydrogen-bond acceptors (Lipinski definition) is 4. The van der Waals surface area contributed by atoms with Gasteiger partial charge in [-0.3, -0.25) is 4.90 Å². The Morgan fingerprint density at radius 3 is 2.46 bits per heavy atom. The van der Waals surface area contributed by atoms with Gasteiger partial charge in [-0.05, 0) is 39.7 Å². The molecule has 0 radical (unpaired) electrons. The van der Waals surface area contributed by atoms with E-state index in [1.165, 1.54) is 0 Å². The molecule has 1 N–H and O–H groups in total. The van der Waals surface area contributed by atoms with Crippen LogP contribution >= 0.6 is 27.5 Å². The molecule has 1 heterocycles. The van der Waals surface area contributed by atoms with Gasteiger partial charge in [-0.25, -0.2) is 13.1 Å². The van der Waals surface area contributed by atoms with Gasteiger partial charge in [0.25, 0.3) is 0 Å². The molecule has 0 aromatic heterocycles. The lowest BCUT2D eigenvalue weighted by Crippen LogP contribution is -2.44. The number of sulfonamides is 1. The quantitative estimate of drug-likeness (QED) is 0.719. The van der Waals surface area contributed by atoms with Crippen LogP contribution in [-0.4, -0.2) is 46.2 Å². The summed E-state index contributed by atoms with van der Waals surface area (Å²) in [5, 5.41) is 0.629. The van der Waals surface area contributed by atoms with Crippen molar-refractivity contribution in [2.45, 2.75) is 10.9 Å². The molecule has 0 amide bonds. The van der Waals surface area contributed by atoms with Crippen molar-refractivity contribution in [3.8, 4) is 0 Å². The molecule has 0 spiro atoms. The predicted molar refractivity (Wildman–Crippen MR) is 106 cm³/mol. The minimum atomic E-state index is -3.64. The second kappa shape index (κ2) is 8.82. The molecule has 3 rings (SSSR count). The first-order valence-corrected chi connectivity index (χ1v) is 10.9. The van der Waals surface area contributed by atoms with Crippen LogP contribution in [0.25, 0.3) is 0 Å². The van der Waals surface area contributed by atoms with Crippen LogP contribution in [-0.2, 0) is 14.8 Å². The number of hydrogen-bond donors (Lipinski definition) is 1. The normalized spacial score (nSPS) is 17.2. The predicted octanol–water partition coefficient (Wildman–Crippen LogP) is 3.45. The fraction of sp³-hybridized carbons (Fsp3) is 0.333. The first kappa shape index (κ1) is 19.8. The summed E-state index contributed by atoms with van der Waals surface area (Å²) >= 11 is 9.69. The van der Waals surface area contributed by atoms with Crippen LogP contribution in [0, 0.1) is 0 Å². The number of nitrogens with one attached hydrogen (secondary N) is 1. The highest BCUT2D eigenvalue weighted by atomic mass is 79.9. The van der Waals surface area contributed by atoms with Gasteiger partial charge in [-0.1, -0.05) is 41.9 Å². The van der Waals surface area contributed by atoms with Gasteiger partial charge >= 0.3 is 0 Å². The standard InChI is InChI=1S/C18H20BrClN2O3S/c19-15-6-2-4-8-18(15)26(23,24)21-13-17(22-9-11-25-12-10-22)14-5-1-3-7-16(14)20/h1-8,17,21H,9-13H2. The molecular formula is C18H20BrClN2O3S. The first-order chi connectivity index (χ1) is 12.5. The minimum Gasteiger partial charge on any atom is -0.379 e. The van der Waals surface area contributed by atoms with Crippen molar-refractivity contribution < 1.29 is 13.2 Å². The topological polar surface area (TPSA) is 58.6 Å². The molecule has 8 heteroatoms. The molecule has 2 aromatic rings. The smallest absolute Gasteiger partial charge is 0.241 e. The Morgan fingerprint density at radius 1 is 1.12 bits per heavy atom. The molecule has 5 nitrogen and oxygen atoms in total. The second-order valence-corrected chi connectivity index (χ2v) is 8.96. The Hall–Kier alpha value is -0.960. The highest BCUT2D eigenvalue weighted by molar-refractivity contribution is 9.10. The SMILES string of the molecule is O=S(=O)(NCC(c1ccccc1Cl)N1CCOCC1)c1ccccc1Br. The van der Waals surface area contributed by atoms with E-state index in [2.05, 4.69) is 25.6 Å². The van der Waals surface area contributed by atoms with Crippen LogP contribution in [0.15, 0.2) is 57.9 Å². The van der Waals surface area contributed by atoms with E-state index in [9.17, 15) is 8.42 Å². The molecule has 140 valence electrons. The summed E-state index contributed by atoms with van der Waals surface area (Å²) in [6, 6.07) is 14.2.